The highest BCUT2D eigenvalue weighted by Crippen LogP contribution is 2.28. The average Bonchev–Trinajstić information content (AvgIpc) is 3.01. The van der Waals surface area contributed by atoms with E-state index in [1.807, 2.05) is 25.3 Å². The first-order valence-corrected chi connectivity index (χ1v) is 9.18. The Bertz CT molecular complexity index is 727. The van der Waals surface area contributed by atoms with Crippen molar-refractivity contribution in [2.75, 3.05) is 20.7 Å². The lowest BCUT2D eigenvalue weighted by Crippen LogP contribution is -2.30. The average molecular weight is 340 g/mol. The maximum absolute atomic E-state index is 12.8. The number of ether oxygens (including phenoxy) is 1. The predicted molar refractivity (Wildman–Crippen MR) is 88.1 cm³/mol. The summed E-state index contributed by atoms with van der Waals surface area (Å²) < 4.78 is 32.2. The molecule has 0 saturated carbocycles. The van der Waals surface area contributed by atoms with Gasteiger partial charge in [-0.05, 0) is 24.6 Å². The maximum atomic E-state index is 12.8. The Morgan fingerprint density at radius 2 is 2.14 bits per heavy atom. The van der Waals surface area contributed by atoms with Crippen LogP contribution in [0.2, 0.25) is 0 Å². The lowest BCUT2D eigenvalue weighted by atomic mass is 10.2. The van der Waals surface area contributed by atoms with E-state index in [1.54, 1.807) is 25.4 Å². The first-order valence-electron chi connectivity index (χ1n) is 6.86. The van der Waals surface area contributed by atoms with Gasteiger partial charge in [0.1, 0.15) is 10.6 Å². The van der Waals surface area contributed by atoms with E-state index in [1.165, 1.54) is 22.8 Å². The molecule has 0 saturated heterocycles. The van der Waals surface area contributed by atoms with Crippen molar-refractivity contribution in [2.45, 2.75) is 24.7 Å². The quantitative estimate of drug-likeness (QED) is 0.811. The van der Waals surface area contributed by atoms with Gasteiger partial charge in [-0.25, -0.2) is 17.7 Å². The van der Waals surface area contributed by atoms with E-state index >= 15 is 0 Å². The maximum Gasteiger partial charge on any atom is 0.246 e. The van der Waals surface area contributed by atoms with E-state index in [0.29, 0.717) is 12.3 Å². The van der Waals surface area contributed by atoms with Crippen LogP contribution in [0.25, 0.3) is 0 Å². The molecule has 0 spiro atoms. The Morgan fingerprint density at radius 3 is 2.73 bits per heavy atom. The van der Waals surface area contributed by atoms with Crippen LogP contribution in [0.15, 0.2) is 34.7 Å². The second-order valence-electron chi connectivity index (χ2n) is 5.21. The molecule has 2 aromatic rings. The second kappa shape index (κ2) is 6.76. The van der Waals surface area contributed by atoms with Crippen LogP contribution >= 0.6 is 11.3 Å². The van der Waals surface area contributed by atoms with Crippen LogP contribution in [0, 0.1) is 6.92 Å². The van der Waals surface area contributed by atoms with Crippen molar-refractivity contribution >= 4 is 21.4 Å². The van der Waals surface area contributed by atoms with Crippen LogP contribution in [0.5, 0.6) is 5.75 Å². The highest BCUT2D eigenvalue weighted by molar-refractivity contribution is 7.89. The van der Waals surface area contributed by atoms with Gasteiger partial charge in [-0.1, -0.05) is 13.0 Å². The molecule has 22 heavy (non-hydrogen) atoms. The van der Waals surface area contributed by atoms with Crippen LogP contribution in [-0.4, -0.2) is 38.4 Å². The zero-order valence-electron chi connectivity index (χ0n) is 13.1. The molecule has 0 bridgehead atoms. The molecule has 120 valence electrons. The van der Waals surface area contributed by atoms with Gasteiger partial charge in [0, 0.05) is 31.1 Å². The molecule has 0 aliphatic heterocycles. The second-order valence-corrected chi connectivity index (χ2v) is 8.15. The Balaban J connectivity index is 2.28. The van der Waals surface area contributed by atoms with Gasteiger partial charge < -0.3 is 4.74 Å². The van der Waals surface area contributed by atoms with Crippen molar-refractivity contribution in [2.24, 2.45) is 0 Å². The van der Waals surface area contributed by atoms with Gasteiger partial charge >= 0.3 is 0 Å². The van der Waals surface area contributed by atoms with Crippen molar-refractivity contribution < 1.29 is 13.2 Å². The number of aryl methyl sites for hydroxylation is 1. The number of hydrogen-bond donors (Lipinski definition) is 0. The lowest BCUT2D eigenvalue weighted by Gasteiger charge is -2.21. The van der Waals surface area contributed by atoms with E-state index in [4.69, 9.17) is 4.74 Å². The summed E-state index contributed by atoms with van der Waals surface area (Å²) in [5.74, 6) is 0.398. The summed E-state index contributed by atoms with van der Waals surface area (Å²) >= 11 is 1.53. The van der Waals surface area contributed by atoms with Gasteiger partial charge in [0.15, 0.2) is 0 Å². The standard InChI is InChI=1S/C15H20N2O3S2/c1-11-5-6-13(20-4)14(9-11)22(18,19)17(3)10-12(2)15-16-7-8-21-15/h5-9,12H,10H2,1-4H3. The Hall–Kier alpha value is -1.44. The van der Waals surface area contributed by atoms with E-state index in [2.05, 4.69) is 4.98 Å². The number of sulfonamides is 1. The number of likely N-dealkylation sites (N-methyl/N-ethyl adjacent to an activating group) is 1. The normalized spacial score (nSPS) is 13.3. The molecule has 1 atom stereocenters. The Morgan fingerprint density at radius 1 is 1.41 bits per heavy atom. The Kier molecular flexibility index (Phi) is 5.20. The summed E-state index contributed by atoms with van der Waals surface area (Å²) in [5, 5.41) is 2.82. The monoisotopic (exact) mass is 340 g/mol. The van der Waals surface area contributed by atoms with Crippen molar-refractivity contribution in [3.8, 4) is 5.75 Å². The number of thiazole rings is 1. The molecule has 0 aliphatic carbocycles. The van der Waals surface area contributed by atoms with Crippen molar-refractivity contribution in [3.05, 3.63) is 40.3 Å². The zero-order valence-corrected chi connectivity index (χ0v) is 14.7. The van der Waals surface area contributed by atoms with Crippen LogP contribution in [0.3, 0.4) is 0 Å². The van der Waals surface area contributed by atoms with Crippen LogP contribution < -0.4 is 4.74 Å². The first kappa shape index (κ1) is 16.9. The van der Waals surface area contributed by atoms with Gasteiger partial charge in [0.25, 0.3) is 0 Å². The third kappa shape index (κ3) is 3.48. The summed E-state index contributed by atoms with van der Waals surface area (Å²) in [6, 6.07) is 5.15. The minimum Gasteiger partial charge on any atom is -0.495 e. The topological polar surface area (TPSA) is 59.5 Å². The third-order valence-corrected chi connectivity index (χ3v) is 6.26. The fourth-order valence-electron chi connectivity index (χ4n) is 2.19. The van der Waals surface area contributed by atoms with E-state index < -0.39 is 10.0 Å². The number of methoxy groups -OCH3 is 1. The zero-order chi connectivity index (χ0) is 16.3. The van der Waals surface area contributed by atoms with Gasteiger partial charge in [-0.2, -0.15) is 0 Å². The largest absolute Gasteiger partial charge is 0.495 e. The van der Waals surface area contributed by atoms with Gasteiger partial charge in [0.2, 0.25) is 10.0 Å². The summed E-state index contributed by atoms with van der Waals surface area (Å²) in [5.41, 5.74) is 0.876. The van der Waals surface area contributed by atoms with E-state index in [-0.39, 0.29) is 10.8 Å². The minimum absolute atomic E-state index is 0.0376. The molecule has 0 amide bonds. The molecule has 2 rings (SSSR count). The number of nitrogens with zero attached hydrogens (tertiary/aromatic N) is 2. The summed E-state index contributed by atoms with van der Waals surface area (Å²) in [4.78, 5) is 4.44. The lowest BCUT2D eigenvalue weighted by molar-refractivity contribution is 0.396. The summed E-state index contributed by atoms with van der Waals surface area (Å²) in [7, 11) is -0.547. The van der Waals surface area contributed by atoms with Crippen molar-refractivity contribution in [1.82, 2.24) is 9.29 Å². The molecule has 0 N–H and O–H groups in total. The predicted octanol–water partition coefficient (Wildman–Crippen LogP) is 2.88. The smallest absolute Gasteiger partial charge is 0.246 e. The summed E-state index contributed by atoms with van der Waals surface area (Å²) in [6.45, 7) is 4.20. The molecule has 0 aliphatic rings. The summed E-state index contributed by atoms with van der Waals surface area (Å²) in [6.07, 6.45) is 1.73. The number of hydrogen-bond acceptors (Lipinski definition) is 5. The van der Waals surface area contributed by atoms with Crippen LogP contribution in [0.4, 0.5) is 0 Å². The fraction of sp³-hybridized carbons (Fsp3) is 0.400. The Labute approximate surface area is 135 Å². The molecular weight excluding hydrogens is 320 g/mol. The highest BCUT2D eigenvalue weighted by Gasteiger charge is 2.26. The van der Waals surface area contributed by atoms with Crippen molar-refractivity contribution in [3.63, 3.8) is 0 Å². The van der Waals surface area contributed by atoms with E-state index in [0.717, 1.165) is 10.6 Å². The number of aromatic nitrogens is 1. The van der Waals surface area contributed by atoms with Gasteiger partial charge in [-0.3, -0.25) is 0 Å². The van der Waals surface area contributed by atoms with E-state index in [9.17, 15) is 8.42 Å². The molecule has 0 fully saturated rings. The minimum atomic E-state index is -3.61. The molecule has 1 aromatic carbocycles. The molecule has 1 heterocycles. The molecule has 1 aromatic heterocycles. The number of rotatable bonds is 6. The third-order valence-electron chi connectivity index (χ3n) is 3.41. The highest BCUT2D eigenvalue weighted by atomic mass is 32.2. The van der Waals surface area contributed by atoms with Crippen molar-refractivity contribution in [1.29, 1.82) is 0 Å². The molecule has 7 heteroatoms. The molecule has 5 nitrogen and oxygen atoms in total. The SMILES string of the molecule is COc1ccc(C)cc1S(=O)(=O)N(C)CC(C)c1nccs1. The molecule has 1 unspecified atom stereocenters. The van der Waals surface area contributed by atoms with Crippen LogP contribution in [0.1, 0.15) is 23.4 Å². The fourth-order valence-corrected chi connectivity index (χ4v) is 4.38. The van der Waals surface area contributed by atoms with Gasteiger partial charge in [-0.15, -0.1) is 11.3 Å². The number of benzene rings is 1. The molecular formula is C15H20N2O3S2. The molecule has 0 radical (unpaired) electrons. The first-order chi connectivity index (χ1) is 10.4. The van der Waals surface area contributed by atoms with Gasteiger partial charge in [0.05, 0.1) is 12.1 Å². The van der Waals surface area contributed by atoms with Crippen LogP contribution in [-0.2, 0) is 10.0 Å².